The Kier molecular flexibility index (Phi) is 5.97. The Labute approximate surface area is 160 Å². The van der Waals surface area contributed by atoms with Crippen LogP contribution in [0.5, 0.6) is 5.75 Å². The van der Waals surface area contributed by atoms with Crippen molar-refractivity contribution in [1.82, 2.24) is 5.32 Å². The molecule has 1 N–H and O–H groups in total. The zero-order valence-electron chi connectivity index (χ0n) is 15.9. The lowest BCUT2D eigenvalue weighted by atomic mass is 10.0. The van der Waals surface area contributed by atoms with Crippen molar-refractivity contribution in [1.29, 1.82) is 0 Å². The van der Waals surface area contributed by atoms with E-state index in [0.29, 0.717) is 11.7 Å². The van der Waals surface area contributed by atoms with Crippen LogP contribution in [0.3, 0.4) is 0 Å². The summed E-state index contributed by atoms with van der Waals surface area (Å²) in [7, 11) is 0. The first-order valence-electron chi connectivity index (χ1n) is 9.15. The molecule has 0 aliphatic heterocycles. The largest absolute Gasteiger partial charge is 0.483 e. The topological polar surface area (TPSA) is 51.5 Å². The van der Waals surface area contributed by atoms with Crippen molar-refractivity contribution in [2.24, 2.45) is 0 Å². The Bertz CT molecular complexity index is 870. The van der Waals surface area contributed by atoms with Crippen molar-refractivity contribution in [3.8, 4) is 5.75 Å². The first-order valence-corrected chi connectivity index (χ1v) is 9.15. The molecule has 0 spiro atoms. The molecule has 1 heterocycles. The summed E-state index contributed by atoms with van der Waals surface area (Å²) in [6.45, 7) is 6.19. The van der Waals surface area contributed by atoms with Crippen LogP contribution < -0.4 is 10.1 Å². The van der Waals surface area contributed by atoms with Crippen LogP contribution in [0.1, 0.15) is 48.3 Å². The molecule has 0 aliphatic carbocycles. The molecule has 1 aromatic heterocycles. The molecule has 0 saturated heterocycles. The van der Waals surface area contributed by atoms with Gasteiger partial charge in [-0.05, 0) is 47.7 Å². The van der Waals surface area contributed by atoms with Crippen LogP contribution in [0.2, 0.25) is 0 Å². The average Bonchev–Trinajstić information content (AvgIpc) is 3.19. The van der Waals surface area contributed by atoms with Gasteiger partial charge >= 0.3 is 0 Å². The highest BCUT2D eigenvalue weighted by molar-refractivity contribution is 5.78. The highest BCUT2D eigenvalue weighted by Crippen LogP contribution is 2.27. The summed E-state index contributed by atoms with van der Waals surface area (Å²) in [6, 6.07) is 19.2. The number of nitrogens with one attached hydrogen (secondary N) is 1. The van der Waals surface area contributed by atoms with E-state index in [1.165, 1.54) is 0 Å². The molecule has 3 aromatic rings. The van der Waals surface area contributed by atoms with Gasteiger partial charge in [0.05, 0.1) is 6.26 Å². The number of hydrogen-bond acceptors (Lipinski definition) is 3. The van der Waals surface area contributed by atoms with Crippen LogP contribution >= 0.6 is 0 Å². The molecule has 0 bridgehead atoms. The van der Waals surface area contributed by atoms with E-state index < -0.39 is 0 Å². The van der Waals surface area contributed by atoms with Crippen molar-refractivity contribution in [3.63, 3.8) is 0 Å². The molecule has 3 rings (SSSR count). The minimum atomic E-state index is -0.348. The maximum absolute atomic E-state index is 12.6. The summed E-state index contributed by atoms with van der Waals surface area (Å²) in [5, 5.41) is 3.01. The number of hydrogen-bond donors (Lipinski definition) is 1. The summed E-state index contributed by atoms with van der Waals surface area (Å²) < 4.78 is 11.4. The summed E-state index contributed by atoms with van der Waals surface area (Å²) >= 11 is 0. The monoisotopic (exact) mass is 363 g/mol. The third kappa shape index (κ3) is 4.79. The molecule has 0 unspecified atom stereocenters. The fourth-order valence-corrected chi connectivity index (χ4v) is 3.01. The van der Waals surface area contributed by atoms with Crippen molar-refractivity contribution in [2.75, 3.05) is 6.61 Å². The summed E-state index contributed by atoms with van der Waals surface area (Å²) in [6.07, 6.45) is 1.61. The maximum atomic E-state index is 12.6. The van der Waals surface area contributed by atoms with E-state index in [0.717, 1.165) is 22.4 Å². The van der Waals surface area contributed by atoms with Gasteiger partial charge in [-0.1, -0.05) is 56.3 Å². The van der Waals surface area contributed by atoms with Crippen LogP contribution in [-0.4, -0.2) is 12.5 Å². The molecule has 0 radical (unpaired) electrons. The summed E-state index contributed by atoms with van der Waals surface area (Å²) in [4.78, 5) is 12.6. The molecule has 0 saturated carbocycles. The number of aryl methyl sites for hydroxylation is 1. The van der Waals surface area contributed by atoms with Gasteiger partial charge in [0.1, 0.15) is 17.6 Å². The van der Waals surface area contributed by atoms with Gasteiger partial charge in [0.2, 0.25) is 0 Å². The van der Waals surface area contributed by atoms with Gasteiger partial charge in [0.25, 0.3) is 5.91 Å². The van der Waals surface area contributed by atoms with Crippen LogP contribution in [-0.2, 0) is 4.79 Å². The molecule has 0 aliphatic rings. The molecule has 0 fully saturated rings. The smallest absolute Gasteiger partial charge is 0.258 e. The third-order valence-corrected chi connectivity index (χ3v) is 4.42. The predicted molar refractivity (Wildman–Crippen MR) is 106 cm³/mol. The maximum Gasteiger partial charge on any atom is 0.258 e. The van der Waals surface area contributed by atoms with Gasteiger partial charge in [0.15, 0.2) is 6.61 Å². The van der Waals surface area contributed by atoms with E-state index in [9.17, 15) is 4.79 Å². The second-order valence-electron chi connectivity index (χ2n) is 6.91. The quantitative estimate of drug-likeness (QED) is 0.643. The molecule has 27 heavy (non-hydrogen) atoms. The molecule has 4 nitrogen and oxygen atoms in total. The normalized spacial score (nSPS) is 12.0. The molecule has 1 amide bonds. The first-order chi connectivity index (χ1) is 13.0. The molecule has 1 atom stereocenters. The van der Waals surface area contributed by atoms with E-state index in [1.54, 1.807) is 6.26 Å². The standard InChI is InChI=1S/C23H25NO3/c1-16(2)19-12-11-17(3)14-21(19)27-15-22(25)24-23(20-10-7-13-26-20)18-8-5-4-6-9-18/h4-14,16,23H,15H2,1-3H3,(H,24,25)/t23-/m1/s1. The van der Waals surface area contributed by atoms with E-state index in [1.807, 2.05) is 55.5 Å². The van der Waals surface area contributed by atoms with E-state index in [2.05, 4.69) is 31.3 Å². The van der Waals surface area contributed by atoms with Gasteiger partial charge in [-0.25, -0.2) is 0 Å². The van der Waals surface area contributed by atoms with Crippen LogP contribution in [0.4, 0.5) is 0 Å². The van der Waals surface area contributed by atoms with Crippen molar-refractivity contribution >= 4 is 5.91 Å². The Hall–Kier alpha value is -3.01. The third-order valence-electron chi connectivity index (χ3n) is 4.42. The number of amides is 1. The second-order valence-corrected chi connectivity index (χ2v) is 6.91. The molecule has 2 aromatic carbocycles. The molecule has 140 valence electrons. The van der Waals surface area contributed by atoms with E-state index >= 15 is 0 Å². The number of ether oxygens (including phenoxy) is 1. The molecule has 4 heteroatoms. The van der Waals surface area contributed by atoms with E-state index in [-0.39, 0.29) is 18.6 Å². The Balaban J connectivity index is 1.72. The van der Waals surface area contributed by atoms with Crippen LogP contribution in [0.15, 0.2) is 71.3 Å². The zero-order valence-corrected chi connectivity index (χ0v) is 15.9. The fourth-order valence-electron chi connectivity index (χ4n) is 3.01. The summed E-state index contributed by atoms with van der Waals surface area (Å²) in [5.74, 6) is 1.57. The van der Waals surface area contributed by atoms with Crippen LogP contribution in [0, 0.1) is 6.92 Å². The van der Waals surface area contributed by atoms with Crippen molar-refractivity contribution < 1.29 is 13.9 Å². The van der Waals surface area contributed by atoms with Gasteiger partial charge in [-0.2, -0.15) is 0 Å². The average molecular weight is 363 g/mol. The van der Waals surface area contributed by atoms with Gasteiger partial charge in [0, 0.05) is 0 Å². The van der Waals surface area contributed by atoms with Crippen molar-refractivity contribution in [2.45, 2.75) is 32.7 Å². The number of rotatable bonds is 7. The highest BCUT2D eigenvalue weighted by Gasteiger charge is 2.20. The number of carbonyl (C=O) groups is 1. The van der Waals surface area contributed by atoms with Crippen LogP contribution in [0.25, 0.3) is 0 Å². The van der Waals surface area contributed by atoms with E-state index in [4.69, 9.17) is 9.15 Å². The number of benzene rings is 2. The Morgan fingerprint density at radius 2 is 1.85 bits per heavy atom. The highest BCUT2D eigenvalue weighted by atomic mass is 16.5. The first kappa shape index (κ1) is 18.8. The van der Waals surface area contributed by atoms with Gasteiger partial charge in [-0.15, -0.1) is 0 Å². The SMILES string of the molecule is Cc1ccc(C(C)C)c(OCC(=O)N[C@H](c2ccccc2)c2ccco2)c1. The lowest BCUT2D eigenvalue weighted by Crippen LogP contribution is -2.33. The lowest BCUT2D eigenvalue weighted by molar-refractivity contribution is -0.123. The number of furan rings is 1. The predicted octanol–water partition coefficient (Wildman–Crippen LogP) is 5.00. The Morgan fingerprint density at radius 3 is 2.52 bits per heavy atom. The second kappa shape index (κ2) is 8.58. The minimum Gasteiger partial charge on any atom is -0.483 e. The minimum absolute atomic E-state index is 0.0484. The lowest BCUT2D eigenvalue weighted by Gasteiger charge is -2.18. The zero-order chi connectivity index (χ0) is 19.2. The molecular weight excluding hydrogens is 338 g/mol. The van der Waals surface area contributed by atoms with Gasteiger partial charge in [-0.3, -0.25) is 4.79 Å². The fraction of sp³-hybridized carbons (Fsp3) is 0.261. The summed E-state index contributed by atoms with van der Waals surface area (Å²) in [5.41, 5.74) is 3.16. The van der Waals surface area contributed by atoms with Crippen molar-refractivity contribution in [3.05, 3.63) is 89.4 Å². The number of carbonyl (C=O) groups excluding carboxylic acids is 1. The van der Waals surface area contributed by atoms with Gasteiger partial charge < -0.3 is 14.5 Å². The Morgan fingerprint density at radius 1 is 1.07 bits per heavy atom. The molecular formula is C23H25NO3.